The topological polar surface area (TPSA) is 97.0 Å². The van der Waals surface area contributed by atoms with Crippen LogP contribution in [0.5, 0.6) is 11.5 Å². The van der Waals surface area contributed by atoms with Crippen molar-refractivity contribution >= 4 is 6.09 Å². The predicted octanol–water partition coefficient (Wildman–Crippen LogP) is 2.35. The minimum atomic E-state index is -0.518. The Hall–Kier alpha value is -2.11. The van der Waals surface area contributed by atoms with Gasteiger partial charge in [-0.3, -0.25) is 4.90 Å². The van der Waals surface area contributed by atoms with E-state index in [1.54, 1.807) is 0 Å². The van der Waals surface area contributed by atoms with Gasteiger partial charge in [-0.1, -0.05) is 12.1 Å². The predicted molar refractivity (Wildman–Crippen MR) is 131 cm³/mol. The monoisotopic (exact) mass is 498 g/mol. The number of amides is 1. The Bertz CT molecular complexity index is 657. The molecule has 1 aliphatic heterocycles. The molecule has 200 valence electrons. The lowest BCUT2D eigenvalue weighted by molar-refractivity contribution is 0.0182. The second-order valence-corrected chi connectivity index (χ2v) is 8.86. The van der Waals surface area contributed by atoms with E-state index in [0.717, 1.165) is 0 Å². The third-order valence-electron chi connectivity index (χ3n) is 4.76. The minimum Gasteiger partial charge on any atom is -0.487 e. The lowest BCUT2D eigenvalue weighted by Gasteiger charge is -2.23. The number of rotatable bonds is 3. The van der Waals surface area contributed by atoms with Gasteiger partial charge < -0.3 is 38.5 Å². The molecule has 1 aromatic carbocycles. The molecule has 1 heterocycles. The van der Waals surface area contributed by atoms with Crippen molar-refractivity contribution in [1.82, 2.24) is 10.2 Å². The number of nitrogens with zero attached hydrogens (tertiary/aromatic N) is 1. The Morgan fingerprint density at radius 3 is 1.74 bits per heavy atom. The number of nitrogens with one attached hydrogen (secondary N) is 1. The van der Waals surface area contributed by atoms with E-state index in [2.05, 4.69) is 10.2 Å². The molecule has 0 saturated carbocycles. The highest BCUT2D eigenvalue weighted by atomic mass is 16.6. The van der Waals surface area contributed by atoms with Gasteiger partial charge in [0.15, 0.2) is 11.5 Å². The molecule has 0 spiro atoms. The first kappa shape index (κ1) is 29.1. The van der Waals surface area contributed by atoms with Crippen LogP contribution in [0.2, 0.25) is 0 Å². The molecule has 35 heavy (non-hydrogen) atoms. The summed E-state index contributed by atoms with van der Waals surface area (Å²) < 4.78 is 39.5. The Morgan fingerprint density at radius 2 is 1.26 bits per heavy atom. The quantitative estimate of drug-likeness (QED) is 0.674. The lowest BCUT2D eigenvalue weighted by Crippen LogP contribution is -2.40. The van der Waals surface area contributed by atoms with Crippen LogP contribution in [0.25, 0.3) is 0 Å². The summed E-state index contributed by atoms with van der Waals surface area (Å²) in [4.78, 5) is 14.1. The average Bonchev–Trinajstić information content (AvgIpc) is 2.80. The van der Waals surface area contributed by atoms with Crippen LogP contribution in [0, 0.1) is 0 Å². The molecule has 0 radical (unpaired) electrons. The number of hydrogen-bond donors (Lipinski definition) is 1. The van der Waals surface area contributed by atoms with Crippen LogP contribution in [-0.4, -0.2) is 109 Å². The van der Waals surface area contributed by atoms with E-state index in [0.29, 0.717) is 104 Å². The first-order chi connectivity index (χ1) is 16.9. The van der Waals surface area contributed by atoms with Crippen LogP contribution in [0.3, 0.4) is 0 Å². The van der Waals surface area contributed by atoms with Gasteiger partial charge in [-0.2, -0.15) is 0 Å². The zero-order chi connectivity index (χ0) is 25.2. The third kappa shape index (κ3) is 14.8. The van der Waals surface area contributed by atoms with Crippen molar-refractivity contribution < 1.29 is 38.0 Å². The van der Waals surface area contributed by atoms with Gasteiger partial charge in [0.2, 0.25) is 0 Å². The zero-order valence-corrected chi connectivity index (χ0v) is 21.4. The average molecular weight is 499 g/mol. The van der Waals surface area contributed by atoms with Crippen LogP contribution >= 0.6 is 0 Å². The largest absolute Gasteiger partial charge is 0.487 e. The summed E-state index contributed by atoms with van der Waals surface area (Å²) in [6, 6.07) is 7.56. The SMILES string of the molecule is CC(C)(C)OC(=O)NCCN1CCOCCOCCOc2ccccc2OCCOCCOCC1. The third-order valence-corrected chi connectivity index (χ3v) is 4.76. The number of hydrogen-bond acceptors (Lipinski definition) is 9. The van der Waals surface area contributed by atoms with E-state index in [-0.39, 0.29) is 0 Å². The van der Waals surface area contributed by atoms with Crippen molar-refractivity contribution in [3.05, 3.63) is 24.3 Å². The van der Waals surface area contributed by atoms with E-state index in [4.69, 9.17) is 33.2 Å². The van der Waals surface area contributed by atoms with Gasteiger partial charge >= 0.3 is 6.09 Å². The summed E-state index contributed by atoms with van der Waals surface area (Å²) in [5, 5.41) is 2.79. The molecule has 2 rings (SSSR count). The van der Waals surface area contributed by atoms with Gasteiger partial charge in [0.1, 0.15) is 18.8 Å². The molecule has 1 amide bonds. The van der Waals surface area contributed by atoms with E-state index in [9.17, 15) is 4.79 Å². The fourth-order valence-electron chi connectivity index (χ4n) is 3.11. The van der Waals surface area contributed by atoms with Crippen LogP contribution in [-0.2, 0) is 23.7 Å². The first-order valence-corrected chi connectivity index (χ1v) is 12.3. The molecular weight excluding hydrogens is 456 g/mol. The van der Waals surface area contributed by atoms with E-state index >= 15 is 0 Å². The molecular formula is C25H42N2O8. The molecule has 10 heteroatoms. The minimum absolute atomic E-state index is 0.417. The number of carbonyl (C=O) groups excluding carboxylic acids is 1. The van der Waals surface area contributed by atoms with E-state index < -0.39 is 11.7 Å². The second-order valence-electron chi connectivity index (χ2n) is 8.86. The number of carbonyl (C=O) groups is 1. The number of alkyl carbamates (subject to hydrolysis) is 1. The maximum absolute atomic E-state index is 11.9. The van der Waals surface area contributed by atoms with Crippen LogP contribution in [0.15, 0.2) is 24.3 Å². The Labute approximate surface area is 209 Å². The fraction of sp³-hybridized carbons (Fsp3) is 0.720. The fourth-order valence-corrected chi connectivity index (χ4v) is 3.11. The van der Waals surface area contributed by atoms with Crippen molar-refractivity contribution in [2.45, 2.75) is 26.4 Å². The Morgan fingerprint density at radius 1 is 0.800 bits per heavy atom. The molecule has 1 aromatic rings. The number of para-hydroxylation sites is 2. The van der Waals surface area contributed by atoms with Gasteiger partial charge in [-0.15, -0.1) is 0 Å². The molecule has 0 fully saturated rings. The molecule has 0 unspecified atom stereocenters. The highest BCUT2D eigenvalue weighted by Crippen LogP contribution is 2.26. The van der Waals surface area contributed by atoms with Crippen LogP contribution < -0.4 is 14.8 Å². The first-order valence-electron chi connectivity index (χ1n) is 12.3. The van der Waals surface area contributed by atoms with E-state index in [1.807, 2.05) is 45.0 Å². The summed E-state index contributed by atoms with van der Waals surface area (Å²) in [6.45, 7) is 12.9. The summed E-state index contributed by atoms with van der Waals surface area (Å²) >= 11 is 0. The summed E-state index contributed by atoms with van der Waals surface area (Å²) in [5.41, 5.74) is -0.518. The maximum atomic E-state index is 11.9. The van der Waals surface area contributed by atoms with E-state index in [1.165, 1.54) is 0 Å². The van der Waals surface area contributed by atoms with Crippen LogP contribution in [0.1, 0.15) is 20.8 Å². The molecule has 0 saturated heterocycles. The normalized spacial score (nSPS) is 18.7. The highest BCUT2D eigenvalue weighted by molar-refractivity contribution is 5.67. The number of benzene rings is 1. The molecule has 0 atom stereocenters. The van der Waals surface area contributed by atoms with Crippen molar-refractivity contribution in [2.75, 3.05) is 92.2 Å². The number of fused-ring (bicyclic) bond motifs is 1. The smallest absolute Gasteiger partial charge is 0.407 e. The van der Waals surface area contributed by atoms with Gasteiger partial charge in [0.05, 0.1) is 52.9 Å². The van der Waals surface area contributed by atoms with Gasteiger partial charge in [0, 0.05) is 26.2 Å². The summed E-state index contributed by atoms with van der Waals surface area (Å²) in [6.07, 6.45) is -0.417. The zero-order valence-electron chi connectivity index (χ0n) is 21.4. The molecule has 0 aromatic heterocycles. The molecule has 1 N–H and O–H groups in total. The number of ether oxygens (including phenoxy) is 7. The molecule has 10 nitrogen and oxygen atoms in total. The summed E-state index contributed by atoms with van der Waals surface area (Å²) in [7, 11) is 0. The van der Waals surface area contributed by atoms with Gasteiger partial charge in [0.25, 0.3) is 0 Å². The van der Waals surface area contributed by atoms with Crippen LogP contribution in [0.4, 0.5) is 4.79 Å². The summed E-state index contributed by atoms with van der Waals surface area (Å²) in [5.74, 6) is 1.37. The van der Waals surface area contributed by atoms with Crippen molar-refractivity contribution in [1.29, 1.82) is 0 Å². The lowest BCUT2D eigenvalue weighted by atomic mass is 10.2. The van der Waals surface area contributed by atoms with Crippen molar-refractivity contribution in [3.8, 4) is 11.5 Å². The maximum Gasteiger partial charge on any atom is 0.407 e. The molecule has 1 aliphatic rings. The Kier molecular flexibility index (Phi) is 14.4. The molecule has 0 aliphatic carbocycles. The van der Waals surface area contributed by atoms with Crippen molar-refractivity contribution in [3.63, 3.8) is 0 Å². The van der Waals surface area contributed by atoms with Gasteiger partial charge in [-0.05, 0) is 32.9 Å². The highest BCUT2D eigenvalue weighted by Gasteiger charge is 2.16. The standard InChI is InChI=1S/C25H42N2O8/c1-25(2,3)35-24(28)26-8-9-27-10-12-29-14-16-31-18-20-33-22-6-4-5-7-23(22)34-21-19-32-17-15-30-13-11-27/h4-7H,8-21H2,1-3H3,(H,26,28). The van der Waals surface area contributed by atoms with Gasteiger partial charge in [-0.25, -0.2) is 4.79 Å². The Balaban J connectivity index is 1.74. The molecule has 0 bridgehead atoms. The second kappa shape index (κ2) is 17.3. The van der Waals surface area contributed by atoms with Crippen molar-refractivity contribution in [2.24, 2.45) is 0 Å².